The Balaban J connectivity index is 1.81. The highest BCUT2D eigenvalue weighted by Gasteiger charge is 2.23. The van der Waals surface area contributed by atoms with Gasteiger partial charge in [-0.3, -0.25) is 4.79 Å². The second kappa shape index (κ2) is 6.44. The van der Waals surface area contributed by atoms with E-state index in [0.717, 1.165) is 31.5 Å². The number of hydrogen-bond donors (Lipinski definition) is 0. The van der Waals surface area contributed by atoms with Crippen LogP contribution in [0.5, 0.6) is 0 Å². The molecule has 1 fully saturated rings. The molecule has 0 unspecified atom stereocenters. The standard InChI is InChI=1S/C18H20FN3O/c1-12-7-9-22(10-8-12)18(23)16-11-20-17(21-13(16)2)14-3-5-15(19)6-4-14/h3-6,11-12H,7-10H2,1-2H3. The summed E-state index contributed by atoms with van der Waals surface area (Å²) in [7, 11) is 0. The fourth-order valence-corrected chi connectivity index (χ4v) is 2.80. The summed E-state index contributed by atoms with van der Waals surface area (Å²) < 4.78 is 13.0. The van der Waals surface area contributed by atoms with Gasteiger partial charge in [0.2, 0.25) is 0 Å². The highest BCUT2D eigenvalue weighted by atomic mass is 19.1. The average molecular weight is 313 g/mol. The summed E-state index contributed by atoms with van der Waals surface area (Å²) in [4.78, 5) is 23.2. The molecule has 4 nitrogen and oxygen atoms in total. The van der Waals surface area contributed by atoms with Crippen molar-refractivity contribution in [3.05, 3.63) is 47.5 Å². The van der Waals surface area contributed by atoms with Gasteiger partial charge in [-0.2, -0.15) is 0 Å². The van der Waals surface area contributed by atoms with Crippen LogP contribution in [0.1, 0.15) is 35.8 Å². The van der Waals surface area contributed by atoms with Crippen molar-refractivity contribution in [2.45, 2.75) is 26.7 Å². The predicted molar refractivity (Wildman–Crippen MR) is 86.5 cm³/mol. The largest absolute Gasteiger partial charge is 0.339 e. The third-order valence-corrected chi connectivity index (χ3v) is 4.38. The van der Waals surface area contributed by atoms with E-state index in [9.17, 15) is 9.18 Å². The Morgan fingerprint density at radius 2 is 1.87 bits per heavy atom. The lowest BCUT2D eigenvalue weighted by Crippen LogP contribution is -2.38. The van der Waals surface area contributed by atoms with E-state index in [4.69, 9.17) is 0 Å². The van der Waals surface area contributed by atoms with Crippen molar-refractivity contribution in [2.24, 2.45) is 5.92 Å². The highest BCUT2D eigenvalue weighted by Crippen LogP contribution is 2.21. The van der Waals surface area contributed by atoms with Crippen molar-refractivity contribution in [3.8, 4) is 11.4 Å². The minimum absolute atomic E-state index is 0.0000520. The van der Waals surface area contributed by atoms with Gasteiger partial charge in [0.1, 0.15) is 5.82 Å². The fraction of sp³-hybridized carbons (Fsp3) is 0.389. The van der Waals surface area contributed by atoms with Crippen LogP contribution >= 0.6 is 0 Å². The molecule has 1 aromatic heterocycles. The van der Waals surface area contributed by atoms with Crippen LogP contribution in [0.2, 0.25) is 0 Å². The molecule has 3 rings (SSSR count). The van der Waals surface area contributed by atoms with E-state index in [1.165, 1.54) is 12.1 Å². The Bertz CT molecular complexity index is 707. The Labute approximate surface area is 135 Å². The minimum atomic E-state index is -0.295. The number of nitrogens with zero attached hydrogens (tertiary/aromatic N) is 3. The molecule has 23 heavy (non-hydrogen) atoms. The van der Waals surface area contributed by atoms with Crippen LogP contribution in [0.4, 0.5) is 4.39 Å². The number of carbonyl (C=O) groups excluding carboxylic acids is 1. The Morgan fingerprint density at radius 3 is 2.48 bits per heavy atom. The van der Waals surface area contributed by atoms with Gasteiger partial charge in [0, 0.05) is 24.8 Å². The molecular weight excluding hydrogens is 293 g/mol. The van der Waals surface area contributed by atoms with Gasteiger partial charge in [-0.05, 0) is 49.9 Å². The molecule has 2 aromatic rings. The smallest absolute Gasteiger partial charge is 0.257 e. The molecule has 0 radical (unpaired) electrons. The van der Waals surface area contributed by atoms with Gasteiger partial charge >= 0.3 is 0 Å². The lowest BCUT2D eigenvalue weighted by atomic mass is 9.98. The second-order valence-electron chi connectivity index (χ2n) is 6.17. The Kier molecular flexibility index (Phi) is 4.37. The molecule has 2 heterocycles. The fourth-order valence-electron chi connectivity index (χ4n) is 2.80. The van der Waals surface area contributed by atoms with Crippen LogP contribution in [-0.4, -0.2) is 33.9 Å². The van der Waals surface area contributed by atoms with E-state index in [0.29, 0.717) is 23.0 Å². The van der Waals surface area contributed by atoms with E-state index >= 15 is 0 Å². The number of aromatic nitrogens is 2. The summed E-state index contributed by atoms with van der Waals surface area (Å²) in [6, 6.07) is 6.03. The zero-order valence-corrected chi connectivity index (χ0v) is 13.4. The van der Waals surface area contributed by atoms with Crippen molar-refractivity contribution >= 4 is 5.91 Å². The normalized spacial score (nSPS) is 15.7. The lowest BCUT2D eigenvalue weighted by molar-refractivity contribution is 0.0695. The van der Waals surface area contributed by atoms with Crippen molar-refractivity contribution in [1.82, 2.24) is 14.9 Å². The molecule has 0 N–H and O–H groups in total. The molecule has 1 amide bonds. The minimum Gasteiger partial charge on any atom is -0.339 e. The number of benzene rings is 1. The van der Waals surface area contributed by atoms with Gasteiger partial charge in [0.25, 0.3) is 5.91 Å². The van der Waals surface area contributed by atoms with Gasteiger partial charge in [-0.15, -0.1) is 0 Å². The summed E-state index contributed by atoms with van der Waals surface area (Å²) in [5.41, 5.74) is 1.94. The molecule has 5 heteroatoms. The molecule has 0 spiro atoms. The maximum absolute atomic E-state index is 13.0. The van der Waals surface area contributed by atoms with Gasteiger partial charge in [-0.25, -0.2) is 14.4 Å². The summed E-state index contributed by atoms with van der Waals surface area (Å²) in [6.45, 7) is 5.61. The summed E-state index contributed by atoms with van der Waals surface area (Å²) >= 11 is 0. The van der Waals surface area contributed by atoms with Gasteiger partial charge in [0.05, 0.1) is 11.3 Å². The predicted octanol–water partition coefficient (Wildman–Crippen LogP) is 3.46. The molecule has 0 atom stereocenters. The molecule has 0 saturated carbocycles. The molecule has 1 saturated heterocycles. The first kappa shape index (κ1) is 15.6. The van der Waals surface area contributed by atoms with Crippen molar-refractivity contribution in [1.29, 1.82) is 0 Å². The zero-order valence-electron chi connectivity index (χ0n) is 13.4. The molecule has 1 aliphatic heterocycles. The maximum Gasteiger partial charge on any atom is 0.257 e. The summed E-state index contributed by atoms with van der Waals surface area (Å²) in [6.07, 6.45) is 3.67. The third-order valence-electron chi connectivity index (χ3n) is 4.38. The van der Waals surface area contributed by atoms with Crippen LogP contribution in [0, 0.1) is 18.7 Å². The number of likely N-dealkylation sites (tertiary alicyclic amines) is 1. The average Bonchev–Trinajstić information content (AvgIpc) is 2.55. The molecule has 120 valence electrons. The van der Waals surface area contributed by atoms with Crippen LogP contribution in [0.25, 0.3) is 11.4 Å². The van der Waals surface area contributed by atoms with Crippen LogP contribution in [0.15, 0.2) is 30.5 Å². The number of halogens is 1. The first-order valence-corrected chi connectivity index (χ1v) is 7.93. The third kappa shape index (κ3) is 3.38. The number of hydrogen-bond acceptors (Lipinski definition) is 3. The van der Waals surface area contributed by atoms with E-state index in [-0.39, 0.29) is 11.7 Å². The Hall–Kier alpha value is -2.30. The maximum atomic E-state index is 13.0. The van der Waals surface area contributed by atoms with Gasteiger partial charge < -0.3 is 4.90 Å². The van der Waals surface area contributed by atoms with Crippen LogP contribution in [-0.2, 0) is 0 Å². The van der Waals surface area contributed by atoms with Gasteiger partial charge in [-0.1, -0.05) is 6.92 Å². The summed E-state index contributed by atoms with van der Waals surface area (Å²) in [5.74, 6) is 0.889. The molecule has 1 aromatic carbocycles. The number of aryl methyl sites for hydroxylation is 1. The van der Waals surface area contributed by atoms with Crippen molar-refractivity contribution in [3.63, 3.8) is 0 Å². The molecule has 1 aliphatic rings. The Morgan fingerprint density at radius 1 is 1.22 bits per heavy atom. The highest BCUT2D eigenvalue weighted by molar-refractivity contribution is 5.95. The first-order chi connectivity index (χ1) is 11.0. The quantitative estimate of drug-likeness (QED) is 0.853. The van der Waals surface area contributed by atoms with E-state index < -0.39 is 0 Å². The second-order valence-corrected chi connectivity index (χ2v) is 6.17. The molecule has 0 aliphatic carbocycles. The molecular formula is C18H20FN3O. The SMILES string of the molecule is Cc1nc(-c2ccc(F)cc2)ncc1C(=O)N1CCC(C)CC1. The van der Waals surface area contributed by atoms with E-state index in [1.54, 1.807) is 18.3 Å². The number of amides is 1. The summed E-state index contributed by atoms with van der Waals surface area (Å²) in [5, 5.41) is 0. The number of rotatable bonds is 2. The van der Waals surface area contributed by atoms with E-state index in [1.807, 2.05) is 11.8 Å². The van der Waals surface area contributed by atoms with Crippen molar-refractivity contribution in [2.75, 3.05) is 13.1 Å². The zero-order chi connectivity index (χ0) is 16.4. The van der Waals surface area contributed by atoms with Crippen LogP contribution in [0.3, 0.4) is 0 Å². The van der Waals surface area contributed by atoms with Gasteiger partial charge in [0.15, 0.2) is 5.82 Å². The number of carbonyl (C=O) groups is 1. The topological polar surface area (TPSA) is 46.1 Å². The monoisotopic (exact) mass is 313 g/mol. The van der Waals surface area contributed by atoms with E-state index in [2.05, 4.69) is 16.9 Å². The number of piperidine rings is 1. The van der Waals surface area contributed by atoms with Crippen molar-refractivity contribution < 1.29 is 9.18 Å². The molecule has 0 bridgehead atoms. The lowest BCUT2D eigenvalue weighted by Gasteiger charge is -2.30. The first-order valence-electron chi connectivity index (χ1n) is 7.93. The van der Waals surface area contributed by atoms with Crippen LogP contribution < -0.4 is 0 Å².